The summed E-state index contributed by atoms with van der Waals surface area (Å²) in [6, 6.07) is 25.4. The normalized spacial score (nSPS) is 22.9. The van der Waals surface area contributed by atoms with Crippen molar-refractivity contribution in [1.29, 1.82) is 0 Å². The number of hydrogen-bond donors (Lipinski definition) is 1. The number of ketones is 2. The van der Waals surface area contributed by atoms with Crippen LogP contribution in [0, 0.1) is 11.7 Å². The van der Waals surface area contributed by atoms with Crippen molar-refractivity contribution in [1.82, 2.24) is 4.90 Å². The maximum absolute atomic E-state index is 15.1. The lowest BCUT2D eigenvalue weighted by molar-refractivity contribution is -0.122. The SMILES string of the molecule is C=CCOc1ccccc1C(=O)[C@@H]1[C@H](C(=O)c2ccc(F)cc2)N2C=Cc3ccccc3[C@H]2[C@@]12C(=O)Nc1ccccc12. The third-order valence-corrected chi connectivity index (χ3v) is 8.76. The summed E-state index contributed by atoms with van der Waals surface area (Å²) in [5.74, 6) is -2.44. The van der Waals surface area contributed by atoms with Crippen LogP contribution in [0.5, 0.6) is 5.75 Å². The lowest BCUT2D eigenvalue weighted by atomic mass is 9.62. The van der Waals surface area contributed by atoms with Crippen LogP contribution in [0.1, 0.15) is 43.4 Å². The zero-order valence-corrected chi connectivity index (χ0v) is 23.1. The first kappa shape index (κ1) is 26.6. The molecule has 4 aromatic rings. The molecule has 1 saturated heterocycles. The quantitative estimate of drug-likeness (QED) is 0.206. The van der Waals surface area contributed by atoms with Gasteiger partial charge in [0.2, 0.25) is 5.91 Å². The minimum Gasteiger partial charge on any atom is -0.489 e. The summed E-state index contributed by atoms with van der Waals surface area (Å²) >= 11 is 0. The van der Waals surface area contributed by atoms with Gasteiger partial charge in [0.15, 0.2) is 11.6 Å². The van der Waals surface area contributed by atoms with Gasteiger partial charge in [-0.15, -0.1) is 0 Å². The number of carbonyl (C=O) groups is 3. The Kier molecular flexibility index (Phi) is 6.31. The Morgan fingerprint density at radius 3 is 2.47 bits per heavy atom. The summed E-state index contributed by atoms with van der Waals surface area (Å²) in [6.45, 7) is 3.89. The Morgan fingerprint density at radius 2 is 1.65 bits per heavy atom. The van der Waals surface area contributed by atoms with Gasteiger partial charge in [0.25, 0.3) is 0 Å². The van der Waals surface area contributed by atoms with Gasteiger partial charge in [-0.25, -0.2) is 4.39 Å². The Morgan fingerprint density at radius 1 is 0.930 bits per heavy atom. The van der Waals surface area contributed by atoms with E-state index in [9.17, 15) is 14.0 Å². The number of rotatable bonds is 7. The Hall–Kier alpha value is -5.30. The number of carbonyl (C=O) groups excluding carboxylic acids is 3. The maximum atomic E-state index is 15.1. The number of anilines is 1. The average molecular weight is 571 g/mol. The van der Waals surface area contributed by atoms with Gasteiger partial charge < -0.3 is 15.0 Å². The molecule has 0 aliphatic carbocycles. The van der Waals surface area contributed by atoms with Gasteiger partial charge in [-0.3, -0.25) is 14.4 Å². The van der Waals surface area contributed by atoms with Crippen molar-refractivity contribution < 1.29 is 23.5 Å². The second-order valence-corrected chi connectivity index (χ2v) is 10.9. The molecule has 1 N–H and O–H groups in total. The van der Waals surface area contributed by atoms with Crippen LogP contribution in [0.15, 0.2) is 116 Å². The molecule has 3 heterocycles. The molecular formula is C36H27FN2O4. The van der Waals surface area contributed by atoms with Crippen molar-refractivity contribution in [3.63, 3.8) is 0 Å². The van der Waals surface area contributed by atoms with E-state index >= 15 is 4.79 Å². The summed E-state index contributed by atoms with van der Waals surface area (Å²) < 4.78 is 19.8. The molecule has 0 aromatic heterocycles. The topological polar surface area (TPSA) is 75.7 Å². The number of nitrogens with one attached hydrogen (secondary N) is 1. The van der Waals surface area contributed by atoms with Gasteiger partial charge in [0.05, 0.1) is 17.5 Å². The number of benzene rings is 4. The monoisotopic (exact) mass is 570 g/mol. The van der Waals surface area contributed by atoms with Gasteiger partial charge in [-0.2, -0.15) is 0 Å². The third-order valence-electron chi connectivity index (χ3n) is 8.76. The minimum absolute atomic E-state index is 0.173. The van der Waals surface area contributed by atoms with E-state index in [1.54, 1.807) is 30.3 Å². The smallest absolute Gasteiger partial charge is 0.238 e. The van der Waals surface area contributed by atoms with E-state index in [4.69, 9.17) is 4.74 Å². The van der Waals surface area contributed by atoms with Crippen LogP contribution in [0.4, 0.5) is 10.1 Å². The highest BCUT2D eigenvalue weighted by Crippen LogP contribution is 2.62. The molecule has 7 heteroatoms. The fraction of sp³-hybridized carbons (Fsp3) is 0.139. The number of amides is 1. The average Bonchev–Trinajstić information content (AvgIpc) is 3.52. The van der Waals surface area contributed by atoms with Gasteiger partial charge in [-0.1, -0.05) is 67.3 Å². The van der Waals surface area contributed by atoms with Crippen LogP contribution >= 0.6 is 0 Å². The third kappa shape index (κ3) is 3.88. The standard InChI is InChI=1S/C36H27FN2O4/c1-2-21-43-29-14-8-5-11-26(29)33(41)30-31(32(40)23-15-17-24(37)18-16-23)39-20-19-22-9-3-4-10-25(22)34(39)36(30)27-12-6-7-13-28(27)38-35(36)42/h2-20,30-31,34H,1,21H2,(H,38,42)/t30-,31+,34-,36-/m0/s1. The van der Waals surface area contributed by atoms with E-state index in [0.29, 0.717) is 17.0 Å². The summed E-state index contributed by atoms with van der Waals surface area (Å²) in [4.78, 5) is 46.0. The molecule has 3 aliphatic heterocycles. The lowest BCUT2D eigenvalue weighted by Gasteiger charge is -2.38. The molecule has 43 heavy (non-hydrogen) atoms. The molecule has 4 aromatic carbocycles. The highest BCUT2D eigenvalue weighted by molar-refractivity contribution is 6.17. The van der Waals surface area contributed by atoms with Crippen molar-refractivity contribution >= 4 is 29.2 Å². The molecule has 7 rings (SSSR count). The van der Waals surface area contributed by atoms with E-state index < -0.39 is 35.0 Å². The maximum Gasteiger partial charge on any atom is 0.238 e. The molecule has 0 radical (unpaired) electrons. The van der Waals surface area contributed by atoms with Crippen molar-refractivity contribution in [2.75, 3.05) is 11.9 Å². The van der Waals surface area contributed by atoms with Gasteiger partial charge in [0, 0.05) is 17.5 Å². The van der Waals surface area contributed by atoms with Crippen molar-refractivity contribution in [3.05, 3.63) is 150 Å². The van der Waals surface area contributed by atoms with Crippen LogP contribution in [0.3, 0.4) is 0 Å². The van der Waals surface area contributed by atoms with Crippen LogP contribution in [-0.4, -0.2) is 35.0 Å². The summed E-state index contributed by atoms with van der Waals surface area (Å²) in [5.41, 5.74) is 2.02. The molecule has 0 unspecified atom stereocenters. The largest absolute Gasteiger partial charge is 0.489 e. The first-order valence-electron chi connectivity index (χ1n) is 14.1. The van der Waals surface area contributed by atoms with Crippen LogP contribution < -0.4 is 10.1 Å². The van der Waals surface area contributed by atoms with Crippen molar-refractivity contribution in [2.24, 2.45) is 5.92 Å². The molecule has 1 spiro atoms. The van der Waals surface area contributed by atoms with Crippen LogP contribution in [0.2, 0.25) is 0 Å². The fourth-order valence-electron chi connectivity index (χ4n) is 7.06. The highest BCUT2D eigenvalue weighted by Gasteiger charge is 2.70. The number of hydrogen-bond acceptors (Lipinski definition) is 5. The van der Waals surface area contributed by atoms with E-state index in [0.717, 1.165) is 11.1 Å². The molecular weight excluding hydrogens is 543 g/mol. The Labute approximate surface area is 248 Å². The van der Waals surface area contributed by atoms with Gasteiger partial charge >= 0.3 is 0 Å². The first-order valence-corrected chi connectivity index (χ1v) is 14.1. The molecule has 0 bridgehead atoms. The van der Waals surface area contributed by atoms with Gasteiger partial charge in [0.1, 0.15) is 29.6 Å². The summed E-state index contributed by atoms with van der Waals surface area (Å²) in [7, 11) is 0. The zero-order chi connectivity index (χ0) is 29.7. The number of fused-ring (bicyclic) bond motifs is 6. The summed E-state index contributed by atoms with van der Waals surface area (Å²) in [5, 5.41) is 3.04. The van der Waals surface area contributed by atoms with E-state index in [1.807, 2.05) is 65.7 Å². The zero-order valence-electron chi connectivity index (χ0n) is 23.1. The predicted octanol–water partition coefficient (Wildman–Crippen LogP) is 6.37. The van der Waals surface area contributed by atoms with Crippen LogP contribution in [-0.2, 0) is 10.2 Å². The molecule has 1 fully saturated rings. The van der Waals surface area contributed by atoms with Crippen LogP contribution in [0.25, 0.3) is 6.08 Å². The molecule has 1 amide bonds. The second kappa shape index (κ2) is 10.2. The van der Waals surface area contributed by atoms with E-state index in [-0.39, 0.29) is 29.4 Å². The summed E-state index contributed by atoms with van der Waals surface area (Å²) in [6.07, 6.45) is 5.29. The van der Waals surface area contributed by atoms with Crippen molar-refractivity contribution in [2.45, 2.75) is 17.5 Å². The van der Waals surface area contributed by atoms with Crippen molar-refractivity contribution in [3.8, 4) is 5.75 Å². The second-order valence-electron chi connectivity index (χ2n) is 10.9. The van der Waals surface area contributed by atoms with E-state index in [1.165, 1.54) is 24.3 Å². The Balaban J connectivity index is 1.52. The number of nitrogens with zero attached hydrogens (tertiary/aromatic N) is 1. The van der Waals surface area contributed by atoms with E-state index in [2.05, 4.69) is 11.9 Å². The molecule has 3 aliphatic rings. The lowest BCUT2D eigenvalue weighted by Crippen LogP contribution is -2.49. The van der Waals surface area contributed by atoms with Gasteiger partial charge in [-0.05, 0) is 65.2 Å². The number of halogens is 1. The highest BCUT2D eigenvalue weighted by atomic mass is 19.1. The number of Topliss-reactive ketones (excluding diaryl/α,β-unsaturated/α-hetero) is 2. The first-order chi connectivity index (χ1) is 21.0. The Bertz CT molecular complexity index is 1830. The number of ether oxygens (including phenoxy) is 1. The minimum atomic E-state index is -1.47. The molecule has 6 nitrogen and oxygen atoms in total. The molecule has 212 valence electrons. The molecule has 0 saturated carbocycles. The molecule has 4 atom stereocenters. The predicted molar refractivity (Wildman–Crippen MR) is 161 cm³/mol. The fourth-order valence-corrected chi connectivity index (χ4v) is 7.06. The number of para-hydroxylation sites is 2.